The van der Waals surface area contributed by atoms with Crippen molar-refractivity contribution in [1.29, 1.82) is 0 Å². The van der Waals surface area contributed by atoms with Crippen LogP contribution in [-0.2, 0) is 24.0 Å². The third kappa shape index (κ3) is 6.24. The maximum Gasteiger partial charge on any atom is 0.393 e. The van der Waals surface area contributed by atoms with Gasteiger partial charge in [0.2, 0.25) is 0 Å². The highest BCUT2D eigenvalue weighted by molar-refractivity contribution is 7.86. The number of phenols is 2. The summed E-state index contributed by atoms with van der Waals surface area (Å²) >= 11 is 0. The maximum atomic E-state index is 14.4. The number of rotatable bonds is 9. The fourth-order valence-corrected chi connectivity index (χ4v) is 5.55. The van der Waals surface area contributed by atoms with Gasteiger partial charge in [-0.3, -0.25) is 9.40 Å². The number of alkyl halides is 3. The van der Waals surface area contributed by atoms with E-state index in [-0.39, 0.29) is 29.1 Å². The number of aromatic carboxylic acids is 1. The van der Waals surface area contributed by atoms with Crippen molar-refractivity contribution >= 4 is 39.5 Å². The Morgan fingerprint density at radius 1 is 1.05 bits per heavy atom. The second-order valence-electron chi connectivity index (χ2n) is 9.48. The average molecular weight is 631 g/mol. The molecule has 5 aromatic rings. The van der Waals surface area contributed by atoms with Crippen LogP contribution in [-0.4, -0.2) is 58.9 Å². The summed E-state index contributed by atoms with van der Waals surface area (Å²) in [5.74, 6) is -4.42. The first-order valence-electron chi connectivity index (χ1n) is 12.7. The molecule has 16 heteroatoms. The Labute approximate surface area is 248 Å². The van der Waals surface area contributed by atoms with E-state index in [1.165, 1.54) is 22.5 Å². The van der Waals surface area contributed by atoms with Crippen LogP contribution in [0.25, 0.3) is 22.4 Å². The number of phenolic OH excluding ortho intramolecular Hbond substituents is 2. The number of aromatic nitrogens is 4. The topological polar surface area (TPSA) is 165 Å². The molecule has 0 saturated carbocycles. The molecule has 0 radical (unpaired) electrons. The van der Waals surface area contributed by atoms with Crippen LogP contribution >= 0.6 is 0 Å². The Balaban J connectivity index is 1.59. The first-order valence-corrected chi connectivity index (χ1v) is 13.8. The van der Waals surface area contributed by atoms with Crippen molar-refractivity contribution in [3.63, 3.8) is 0 Å². The fourth-order valence-electron chi connectivity index (χ4n) is 4.49. The van der Waals surface area contributed by atoms with Gasteiger partial charge >= 0.3 is 12.1 Å². The number of halogens is 4. The first-order chi connectivity index (χ1) is 20.8. The van der Waals surface area contributed by atoms with Crippen molar-refractivity contribution in [3.05, 3.63) is 83.3 Å². The van der Waals surface area contributed by atoms with E-state index in [2.05, 4.69) is 25.5 Å². The number of aromatic amines is 1. The van der Waals surface area contributed by atoms with Crippen molar-refractivity contribution < 1.29 is 41.9 Å². The summed E-state index contributed by atoms with van der Waals surface area (Å²) in [5.41, 5.74) is -0.810. The Hall–Kier alpha value is -5.25. The summed E-state index contributed by atoms with van der Waals surface area (Å²) in [6.45, 7) is -0.158. The van der Waals surface area contributed by atoms with E-state index in [9.17, 15) is 41.9 Å². The number of fused-ring (bicyclic) bond motifs is 1. The van der Waals surface area contributed by atoms with Crippen LogP contribution in [0.15, 0.2) is 65.6 Å². The van der Waals surface area contributed by atoms with Crippen LogP contribution in [0.2, 0.25) is 0 Å². The summed E-state index contributed by atoms with van der Waals surface area (Å²) in [4.78, 5) is 20.7. The summed E-state index contributed by atoms with van der Waals surface area (Å²) in [7, 11) is -0.0865. The highest BCUT2D eigenvalue weighted by Gasteiger charge is 2.31. The second-order valence-corrected chi connectivity index (χ2v) is 11.0. The number of carboxylic acids is 1. The number of hydrogen-bond acceptors (Lipinski definition) is 8. The van der Waals surface area contributed by atoms with Gasteiger partial charge in [-0.15, -0.1) is 0 Å². The van der Waals surface area contributed by atoms with Gasteiger partial charge in [-0.05, 0) is 53.6 Å². The molecule has 2 aromatic heterocycles. The largest absolute Gasteiger partial charge is 0.508 e. The summed E-state index contributed by atoms with van der Waals surface area (Å²) in [6.07, 6.45) is -6.27. The molecule has 3 aromatic carbocycles. The van der Waals surface area contributed by atoms with Gasteiger partial charge in [-0.25, -0.2) is 23.4 Å². The Morgan fingerprint density at radius 2 is 1.77 bits per heavy atom. The number of hydrogen-bond donors (Lipinski definition) is 5. The molecule has 0 amide bonds. The monoisotopic (exact) mass is 630 g/mol. The number of nitrogens with one attached hydrogen (secondary N) is 2. The van der Waals surface area contributed by atoms with Crippen LogP contribution in [0.4, 0.5) is 29.1 Å². The number of nitrogens with zero attached hydrogens (tertiary/aromatic N) is 4. The molecule has 5 N–H and O–H groups in total. The number of carboxylic acid groups (broad SMARTS) is 1. The molecule has 0 aliphatic carbocycles. The lowest BCUT2D eigenvalue weighted by Gasteiger charge is -2.22. The van der Waals surface area contributed by atoms with Gasteiger partial charge in [-0.1, -0.05) is 18.2 Å². The van der Waals surface area contributed by atoms with Crippen LogP contribution in [0, 0.1) is 5.82 Å². The lowest BCUT2D eigenvalue weighted by Crippen LogP contribution is -2.22. The van der Waals surface area contributed by atoms with Gasteiger partial charge in [0.15, 0.2) is 39.7 Å². The second kappa shape index (κ2) is 11.8. The molecule has 1 unspecified atom stereocenters. The van der Waals surface area contributed by atoms with Crippen molar-refractivity contribution in [3.8, 4) is 22.9 Å². The van der Waals surface area contributed by atoms with Crippen molar-refractivity contribution in [2.75, 3.05) is 16.7 Å². The summed E-state index contributed by atoms with van der Waals surface area (Å²) in [6, 6.07) is 14.1. The zero-order valence-corrected chi connectivity index (χ0v) is 23.4. The average Bonchev–Trinajstić information content (AvgIpc) is 3.41. The highest BCUT2D eigenvalue weighted by Crippen LogP contribution is 2.35. The Morgan fingerprint density at radius 3 is 2.45 bits per heavy atom. The predicted molar refractivity (Wildman–Crippen MR) is 152 cm³/mol. The lowest BCUT2D eigenvalue weighted by atomic mass is 10.0. The van der Waals surface area contributed by atoms with E-state index in [0.717, 1.165) is 0 Å². The smallest absolute Gasteiger partial charge is 0.393 e. The third-order valence-corrected chi connectivity index (χ3v) is 7.84. The predicted octanol–water partition coefficient (Wildman–Crippen LogP) is 5.14. The molecule has 5 rings (SSSR count). The molecule has 0 spiro atoms. The van der Waals surface area contributed by atoms with Gasteiger partial charge in [0.05, 0.1) is 22.4 Å². The zero-order chi connectivity index (χ0) is 31.8. The first kappa shape index (κ1) is 30.2. The quantitative estimate of drug-likeness (QED) is 0.139. The molecule has 44 heavy (non-hydrogen) atoms. The summed E-state index contributed by atoms with van der Waals surface area (Å²) in [5, 5.41) is 38.6. The number of anilines is 2. The summed E-state index contributed by atoms with van der Waals surface area (Å²) < 4.78 is 69.1. The molecule has 0 aliphatic rings. The van der Waals surface area contributed by atoms with E-state index in [1.807, 2.05) is 0 Å². The van der Waals surface area contributed by atoms with Crippen LogP contribution < -0.4 is 9.62 Å². The van der Waals surface area contributed by atoms with Gasteiger partial charge in [-0.2, -0.15) is 18.3 Å². The normalized spacial score (nSPS) is 12.3. The highest BCUT2D eigenvalue weighted by atomic mass is 32.2. The minimum absolute atomic E-state index is 0.124. The molecule has 1 atom stereocenters. The van der Waals surface area contributed by atoms with Gasteiger partial charge < -0.3 is 20.6 Å². The van der Waals surface area contributed by atoms with Crippen molar-refractivity contribution in [2.45, 2.75) is 24.0 Å². The molecule has 0 aliphatic heterocycles. The number of H-pyrrole nitrogens is 1. The maximum absolute atomic E-state index is 14.4. The van der Waals surface area contributed by atoms with E-state index >= 15 is 0 Å². The molecular weight excluding hydrogens is 608 g/mol. The molecule has 0 fully saturated rings. The van der Waals surface area contributed by atoms with E-state index < -0.39 is 63.8 Å². The van der Waals surface area contributed by atoms with Crippen LogP contribution in [0.5, 0.6) is 11.5 Å². The van der Waals surface area contributed by atoms with Crippen LogP contribution in [0.1, 0.15) is 21.6 Å². The molecule has 228 valence electrons. The standard InChI is InChI=1S/C28H22F4N6O5S/c1-38(44(43)17-5-3-2-4-6-17)20-8-7-16(39)9-15(20)13-33-25-22-23(27(41)42)36-37-26(22)35-24(34-25)18-11-19(29)21(40)10-14(18)12-28(30,31)32/h2-11,39-40H,12-13H2,1H3,(H,41,42)(H2,33,34,35,36,37). The lowest BCUT2D eigenvalue weighted by molar-refractivity contribution is -0.127. The minimum atomic E-state index is -4.73. The van der Waals surface area contributed by atoms with Crippen LogP contribution in [0.3, 0.4) is 0 Å². The minimum Gasteiger partial charge on any atom is -0.508 e. The molecule has 11 nitrogen and oxygen atoms in total. The Bertz CT molecular complexity index is 1900. The number of benzene rings is 3. The SMILES string of the molecule is CN(c1ccc(O)cc1CNc1nc(-c2cc(F)c(O)cc2CC(F)(F)F)nc2n[nH]c(C(=O)O)c12)S(=O)c1ccccc1. The molecule has 0 saturated heterocycles. The Kier molecular flexibility index (Phi) is 8.10. The van der Waals surface area contributed by atoms with Gasteiger partial charge in [0.1, 0.15) is 11.6 Å². The van der Waals surface area contributed by atoms with Gasteiger partial charge in [0.25, 0.3) is 0 Å². The number of carbonyl (C=O) groups is 1. The van der Waals surface area contributed by atoms with E-state index in [1.54, 1.807) is 37.4 Å². The molecule has 2 heterocycles. The van der Waals surface area contributed by atoms with Gasteiger partial charge in [0, 0.05) is 19.2 Å². The van der Waals surface area contributed by atoms with Crippen molar-refractivity contribution in [2.24, 2.45) is 0 Å². The molecule has 0 bridgehead atoms. The zero-order valence-electron chi connectivity index (χ0n) is 22.6. The molecular formula is C28H22F4N6O5S. The van der Waals surface area contributed by atoms with E-state index in [4.69, 9.17) is 0 Å². The number of aromatic hydroxyl groups is 2. The third-order valence-electron chi connectivity index (χ3n) is 6.47. The van der Waals surface area contributed by atoms with Crippen molar-refractivity contribution in [1.82, 2.24) is 20.2 Å². The fraction of sp³-hybridized carbons (Fsp3) is 0.143. The van der Waals surface area contributed by atoms with E-state index in [0.29, 0.717) is 28.3 Å².